The van der Waals surface area contributed by atoms with Crippen molar-refractivity contribution < 1.29 is 0 Å². The molecule has 21 heavy (non-hydrogen) atoms. The van der Waals surface area contributed by atoms with Gasteiger partial charge in [0.25, 0.3) is 0 Å². The van der Waals surface area contributed by atoms with Crippen LogP contribution in [0, 0.1) is 13.8 Å². The SMILES string of the molecule is Cc1ccc(C(C)Nc2cccc(Cl)c2N(C)C)cc1C. The largest absolute Gasteiger partial charge is 0.377 e. The Morgan fingerprint density at radius 2 is 1.76 bits per heavy atom. The molecule has 2 nitrogen and oxygen atoms in total. The third-order valence-corrected chi connectivity index (χ3v) is 4.14. The third kappa shape index (κ3) is 3.51. The molecule has 0 saturated heterocycles. The van der Waals surface area contributed by atoms with Crippen LogP contribution in [0.1, 0.15) is 29.7 Å². The highest BCUT2D eigenvalue weighted by molar-refractivity contribution is 6.34. The predicted octanol–water partition coefficient (Wildman–Crippen LogP) is 5.20. The second-order valence-electron chi connectivity index (χ2n) is 5.74. The Kier molecular flexibility index (Phi) is 4.79. The molecule has 3 heteroatoms. The fourth-order valence-electron chi connectivity index (χ4n) is 2.44. The molecule has 0 aliphatic carbocycles. The van der Waals surface area contributed by atoms with Crippen molar-refractivity contribution in [3.8, 4) is 0 Å². The molecule has 0 aliphatic rings. The molecular formula is C18H23ClN2. The second-order valence-corrected chi connectivity index (χ2v) is 6.15. The van der Waals surface area contributed by atoms with Gasteiger partial charge < -0.3 is 10.2 Å². The molecular weight excluding hydrogens is 280 g/mol. The highest BCUT2D eigenvalue weighted by atomic mass is 35.5. The van der Waals surface area contributed by atoms with E-state index in [0.29, 0.717) is 0 Å². The van der Waals surface area contributed by atoms with Gasteiger partial charge in [-0.3, -0.25) is 0 Å². The lowest BCUT2D eigenvalue weighted by Crippen LogP contribution is -2.14. The summed E-state index contributed by atoms with van der Waals surface area (Å²) in [4.78, 5) is 2.04. The summed E-state index contributed by atoms with van der Waals surface area (Å²) in [6.07, 6.45) is 0. The van der Waals surface area contributed by atoms with Crippen molar-refractivity contribution in [3.63, 3.8) is 0 Å². The number of aryl methyl sites for hydroxylation is 2. The number of benzene rings is 2. The molecule has 0 fully saturated rings. The number of hydrogen-bond donors (Lipinski definition) is 1. The highest BCUT2D eigenvalue weighted by Gasteiger charge is 2.12. The minimum Gasteiger partial charge on any atom is -0.377 e. The van der Waals surface area contributed by atoms with Gasteiger partial charge in [0.05, 0.1) is 16.4 Å². The van der Waals surface area contributed by atoms with Crippen molar-refractivity contribution in [1.82, 2.24) is 0 Å². The number of para-hydroxylation sites is 1. The zero-order chi connectivity index (χ0) is 15.6. The summed E-state index contributed by atoms with van der Waals surface area (Å²) in [6.45, 7) is 6.46. The molecule has 0 aromatic heterocycles. The van der Waals surface area contributed by atoms with E-state index in [4.69, 9.17) is 11.6 Å². The van der Waals surface area contributed by atoms with E-state index in [0.717, 1.165) is 16.4 Å². The summed E-state index contributed by atoms with van der Waals surface area (Å²) < 4.78 is 0. The maximum Gasteiger partial charge on any atom is 0.0786 e. The summed E-state index contributed by atoms with van der Waals surface area (Å²) in [5.41, 5.74) is 6.00. The maximum absolute atomic E-state index is 6.32. The first kappa shape index (κ1) is 15.7. The van der Waals surface area contributed by atoms with Gasteiger partial charge in [0.15, 0.2) is 0 Å². The first-order chi connectivity index (χ1) is 9.90. The highest BCUT2D eigenvalue weighted by Crippen LogP contribution is 2.34. The van der Waals surface area contributed by atoms with Crippen LogP contribution in [0.2, 0.25) is 5.02 Å². The number of rotatable bonds is 4. The van der Waals surface area contributed by atoms with Crippen LogP contribution in [0.25, 0.3) is 0 Å². The van der Waals surface area contributed by atoms with E-state index in [-0.39, 0.29) is 6.04 Å². The molecule has 1 atom stereocenters. The van der Waals surface area contributed by atoms with Gasteiger partial charge in [-0.15, -0.1) is 0 Å². The van der Waals surface area contributed by atoms with E-state index in [1.54, 1.807) is 0 Å². The molecule has 0 aliphatic heterocycles. The summed E-state index contributed by atoms with van der Waals surface area (Å²) in [7, 11) is 4.01. The molecule has 2 aromatic rings. The molecule has 0 heterocycles. The normalized spacial score (nSPS) is 12.1. The maximum atomic E-state index is 6.32. The van der Waals surface area contributed by atoms with Gasteiger partial charge in [0.2, 0.25) is 0 Å². The Morgan fingerprint density at radius 1 is 1.05 bits per heavy atom. The monoisotopic (exact) mass is 302 g/mol. The molecule has 0 bridgehead atoms. The average molecular weight is 303 g/mol. The molecule has 1 unspecified atom stereocenters. The minimum absolute atomic E-state index is 0.224. The van der Waals surface area contributed by atoms with Crippen molar-refractivity contribution in [2.24, 2.45) is 0 Å². The van der Waals surface area contributed by atoms with Crippen LogP contribution in [0.4, 0.5) is 11.4 Å². The van der Waals surface area contributed by atoms with E-state index < -0.39 is 0 Å². The fourth-order valence-corrected chi connectivity index (χ4v) is 2.78. The standard InChI is InChI=1S/C18H23ClN2/c1-12-9-10-15(11-13(12)2)14(3)20-17-8-6-7-16(19)18(17)21(4)5/h6-11,14,20H,1-5H3. The quantitative estimate of drug-likeness (QED) is 0.835. The smallest absolute Gasteiger partial charge is 0.0786 e. The van der Waals surface area contributed by atoms with Gasteiger partial charge in [-0.1, -0.05) is 35.9 Å². The van der Waals surface area contributed by atoms with Gasteiger partial charge in [0, 0.05) is 20.1 Å². The molecule has 1 N–H and O–H groups in total. The number of nitrogens with zero attached hydrogens (tertiary/aromatic N) is 1. The van der Waals surface area contributed by atoms with Crippen molar-refractivity contribution in [3.05, 3.63) is 58.1 Å². The summed E-state index contributed by atoms with van der Waals surface area (Å²) in [5, 5.41) is 4.33. The van der Waals surface area contributed by atoms with Crippen molar-refractivity contribution in [1.29, 1.82) is 0 Å². The van der Waals surface area contributed by atoms with E-state index in [1.807, 2.05) is 31.1 Å². The summed E-state index contributed by atoms with van der Waals surface area (Å²) >= 11 is 6.32. The molecule has 0 amide bonds. The van der Waals surface area contributed by atoms with Crippen LogP contribution in [-0.4, -0.2) is 14.1 Å². The van der Waals surface area contributed by atoms with Crippen LogP contribution >= 0.6 is 11.6 Å². The molecule has 2 rings (SSSR count). The summed E-state index contributed by atoms with van der Waals surface area (Å²) in [5.74, 6) is 0. The predicted molar refractivity (Wildman–Crippen MR) is 93.7 cm³/mol. The van der Waals surface area contributed by atoms with E-state index in [2.05, 4.69) is 50.4 Å². The summed E-state index contributed by atoms with van der Waals surface area (Å²) in [6, 6.07) is 12.8. The Balaban J connectivity index is 2.29. The molecule has 112 valence electrons. The number of hydrogen-bond acceptors (Lipinski definition) is 2. The van der Waals surface area contributed by atoms with Crippen LogP contribution in [0.5, 0.6) is 0 Å². The minimum atomic E-state index is 0.224. The third-order valence-electron chi connectivity index (χ3n) is 3.84. The fraction of sp³-hybridized carbons (Fsp3) is 0.333. The van der Waals surface area contributed by atoms with Crippen LogP contribution < -0.4 is 10.2 Å². The number of nitrogens with one attached hydrogen (secondary N) is 1. The molecule has 2 aromatic carbocycles. The van der Waals surface area contributed by atoms with Crippen LogP contribution in [-0.2, 0) is 0 Å². The lowest BCUT2D eigenvalue weighted by atomic mass is 10.0. The first-order valence-electron chi connectivity index (χ1n) is 7.19. The molecule has 0 spiro atoms. The lowest BCUT2D eigenvalue weighted by molar-refractivity contribution is 0.880. The van der Waals surface area contributed by atoms with Crippen molar-refractivity contribution in [2.75, 3.05) is 24.3 Å². The number of halogens is 1. The van der Waals surface area contributed by atoms with Gasteiger partial charge in [-0.25, -0.2) is 0 Å². The Morgan fingerprint density at radius 3 is 2.38 bits per heavy atom. The molecule has 0 saturated carbocycles. The topological polar surface area (TPSA) is 15.3 Å². The number of anilines is 2. The first-order valence-corrected chi connectivity index (χ1v) is 7.57. The lowest BCUT2D eigenvalue weighted by Gasteiger charge is -2.23. The average Bonchev–Trinajstić information content (AvgIpc) is 2.41. The Hall–Kier alpha value is -1.67. The van der Waals surface area contributed by atoms with Crippen LogP contribution in [0.3, 0.4) is 0 Å². The Bertz CT molecular complexity index is 635. The molecule has 0 radical (unpaired) electrons. The van der Waals surface area contributed by atoms with Crippen molar-refractivity contribution >= 4 is 23.0 Å². The van der Waals surface area contributed by atoms with Crippen molar-refractivity contribution in [2.45, 2.75) is 26.8 Å². The zero-order valence-corrected chi connectivity index (χ0v) is 14.1. The Labute approximate surface area is 132 Å². The van der Waals surface area contributed by atoms with Gasteiger partial charge >= 0.3 is 0 Å². The second kappa shape index (κ2) is 6.40. The zero-order valence-electron chi connectivity index (χ0n) is 13.4. The van der Waals surface area contributed by atoms with Gasteiger partial charge in [-0.2, -0.15) is 0 Å². The van der Waals surface area contributed by atoms with E-state index in [1.165, 1.54) is 16.7 Å². The van der Waals surface area contributed by atoms with Crippen LogP contribution in [0.15, 0.2) is 36.4 Å². The van der Waals surface area contributed by atoms with E-state index >= 15 is 0 Å². The van der Waals surface area contributed by atoms with E-state index in [9.17, 15) is 0 Å². The van der Waals surface area contributed by atoms with Gasteiger partial charge in [0.1, 0.15) is 0 Å². The van der Waals surface area contributed by atoms with Gasteiger partial charge in [-0.05, 0) is 49.6 Å².